The topological polar surface area (TPSA) is 58.7 Å². The van der Waals surface area contributed by atoms with Gasteiger partial charge in [0.1, 0.15) is 0 Å². The first-order chi connectivity index (χ1) is 9.17. The Morgan fingerprint density at radius 3 is 2.84 bits per heavy atom. The van der Waals surface area contributed by atoms with Crippen LogP contribution in [0.3, 0.4) is 0 Å². The fourth-order valence-corrected chi connectivity index (χ4v) is 1.89. The normalized spacial score (nSPS) is 12.1. The van der Waals surface area contributed by atoms with Gasteiger partial charge in [0, 0.05) is 25.8 Å². The van der Waals surface area contributed by atoms with Crippen molar-refractivity contribution in [2.24, 2.45) is 5.73 Å². The van der Waals surface area contributed by atoms with Crippen molar-refractivity contribution in [3.8, 4) is 11.8 Å². The molecule has 0 aliphatic carbocycles. The van der Waals surface area contributed by atoms with Gasteiger partial charge in [-0.3, -0.25) is 4.90 Å². The fourth-order valence-electron chi connectivity index (χ4n) is 1.89. The van der Waals surface area contributed by atoms with Crippen LogP contribution in [-0.4, -0.2) is 50.0 Å². The number of benzene rings is 1. The first-order valence-corrected chi connectivity index (χ1v) is 6.29. The van der Waals surface area contributed by atoms with E-state index in [-0.39, 0.29) is 0 Å². The van der Waals surface area contributed by atoms with Gasteiger partial charge in [-0.1, -0.05) is 30.0 Å². The minimum Gasteiger partial charge on any atom is -0.389 e. The largest absolute Gasteiger partial charge is 0.389 e. The van der Waals surface area contributed by atoms with Crippen LogP contribution in [0, 0.1) is 11.8 Å². The standard InChI is InChI=1S/C15H22N2O2/c1-17(11-15(18)12-19-2)10-14-7-4-3-6-13(14)8-5-9-16/h3-4,6-7,15,18H,9-12,16H2,1-2H3. The highest BCUT2D eigenvalue weighted by atomic mass is 16.5. The van der Waals surface area contributed by atoms with E-state index in [9.17, 15) is 5.11 Å². The van der Waals surface area contributed by atoms with Gasteiger partial charge in [0.2, 0.25) is 0 Å². The van der Waals surface area contributed by atoms with Gasteiger partial charge in [0.05, 0.1) is 19.3 Å². The van der Waals surface area contributed by atoms with Crippen LogP contribution in [0.5, 0.6) is 0 Å². The van der Waals surface area contributed by atoms with Crippen LogP contribution in [-0.2, 0) is 11.3 Å². The van der Waals surface area contributed by atoms with Crippen molar-refractivity contribution in [2.75, 3.05) is 33.9 Å². The number of hydrogen-bond acceptors (Lipinski definition) is 4. The van der Waals surface area contributed by atoms with Crippen LogP contribution in [0.1, 0.15) is 11.1 Å². The molecule has 0 saturated carbocycles. The maximum absolute atomic E-state index is 9.70. The molecule has 1 atom stereocenters. The van der Waals surface area contributed by atoms with Gasteiger partial charge in [-0.2, -0.15) is 0 Å². The molecular formula is C15H22N2O2. The number of nitrogens with zero attached hydrogens (tertiary/aromatic N) is 1. The van der Waals surface area contributed by atoms with Crippen LogP contribution in [0.15, 0.2) is 24.3 Å². The molecule has 3 N–H and O–H groups in total. The van der Waals surface area contributed by atoms with E-state index in [1.807, 2.05) is 36.2 Å². The lowest BCUT2D eigenvalue weighted by atomic mass is 10.1. The minimum absolute atomic E-state index is 0.346. The number of aliphatic hydroxyl groups excluding tert-OH is 1. The number of ether oxygens (including phenoxy) is 1. The van der Waals surface area contributed by atoms with E-state index >= 15 is 0 Å². The van der Waals surface area contributed by atoms with Crippen LogP contribution in [0.4, 0.5) is 0 Å². The summed E-state index contributed by atoms with van der Waals surface area (Å²) in [6, 6.07) is 7.98. The van der Waals surface area contributed by atoms with E-state index in [2.05, 4.69) is 11.8 Å². The van der Waals surface area contributed by atoms with Crippen LogP contribution >= 0.6 is 0 Å². The second-order valence-electron chi connectivity index (χ2n) is 4.47. The highest BCUT2D eigenvalue weighted by Crippen LogP contribution is 2.10. The van der Waals surface area contributed by atoms with Crippen LogP contribution in [0.2, 0.25) is 0 Å². The van der Waals surface area contributed by atoms with Gasteiger partial charge in [-0.05, 0) is 18.7 Å². The van der Waals surface area contributed by atoms with Crippen molar-refractivity contribution in [3.05, 3.63) is 35.4 Å². The predicted molar refractivity (Wildman–Crippen MR) is 76.6 cm³/mol. The van der Waals surface area contributed by atoms with E-state index < -0.39 is 6.10 Å². The third-order valence-corrected chi connectivity index (χ3v) is 2.66. The molecule has 1 rings (SSSR count). The number of hydrogen-bond donors (Lipinski definition) is 2. The molecule has 4 heteroatoms. The zero-order chi connectivity index (χ0) is 14.1. The van der Waals surface area contributed by atoms with Crippen molar-refractivity contribution in [1.82, 2.24) is 4.90 Å². The number of nitrogens with two attached hydrogens (primary N) is 1. The Balaban J connectivity index is 2.65. The van der Waals surface area contributed by atoms with E-state index in [0.717, 1.165) is 17.7 Å². The smallest absolute Gasteiger partial charge is 0.0900 e. The van der Waals surface area contributed by atoms with Crippen LogP contribution in [0.25, 0.3) is 0 Å². The van der Waals surface area contributed by atoms with E-state index in [0.29, 0.717) is 19.7 Å². The zero-order valence-electron chi connectivity index (χ0n) is 11.6. The molecule has 1 aromatic rings. The zero-order valence-corrected chi connectivity index (χ0v) is 11.6. The lowest BCUT2D eigenvalue weighted by Crippen LogP contribution is -2.31. The van der Waals surface area contributed by atoms with E-state index in [1.54, 1.807) is 7.11 Å². The van der Waals surface area contributed by atoms with Crippen molar-refractivity contribution in [3.63, 3.8) is 0 Å². The SMILES string of the molecule is COCC(O)CN(C)Cc1ccccc1C#CCN. The second-order valence-corrected chi connectivity index (χ2v) is 4.47. The number of methoxy groups -OCH3 is 1. The Morgan fingerprint density at radius 1 is 1.42 bits per heavy atom. The average molecular weight is 262 g/mol. The Kier molecular flexibility index (Phi) is 7.16. The summed E-state index contributed by atoms with van der Waals surface area (Å²) in [6.45, 7) is 2.00. The molecule has 0 radical (unpaired) electrons. The monoisotopic (exact) mass is 262 g/mol. The molecule has 0 aliphatic heterocycles. The summed E-state index contributed by atoms with van der Waals surface area (Å²) >= 11 is 0. The molecule has 104 valence electrons. The summed E-state index contributed by atoms with van der Waals surface area (Å²) in [7, 11) is 3.55. The summed E-state index contributed by atoms with van der Waals surface area (Å²) in [5.74, 6) is 5.94. The lowest BCUT2D eigenvalue weighted by molar-refractivity contribution is 0.0418. The number of rotatable bonds is 6. The lowest BCUT2D eigenvalue weighted by Gasteiger charge is -2.20. The van der Waals surface area contributed by atoms with Crippen molar-refractivity contribution in [1.29, 1.82) is 0 Å². The summed E-state index contributed by atoms with van der Waals surface area (Å²) in [6.07, 6.45) is -0.475. The molecule has 1 unspecified atom stereocenters. The molecule has 0 saturated heterocycles. The molecule has 0 amide bonds. The first kappa shape index (κ1) is 15.7. The molecule has 0 aliphatic rings. The number of likely N-dealkylation sites (N-methyl/N-ethyl adjacent to an activating group) is 1. The Morgan fingerprint density at radius 2 is 2.16 bits per heavy atom. The van der Waals surface area contributed by atoms with Gasteiger partial charge >= 0.3 is 0 Å². The minimum atomic E-state index is -0.475. The molecule has 0 aromatic heterocycles. The third kappa shape index (κ3) is 5.86. The summed E-state index contributed by atoms with van der Waals surface area (Å²) < 4.78 is 4.92. The van der Waals surface area contributed by atoms with Gasteiger partial charge in [0.15, 0.2) is 0 Å². The predicted octanol–water partition coefficient (Wildman–Crippen LogP) is 0.436. The summed E-state index contributed by atoms with van der Waals surface area (Å²) in [5, 5.41) is 9.70. The highest BCUT2D eigenvalue weighted by molar-refractivity contribution is 5.41. The molecule has 19 heavy (non-hydrogen) atoms. The molecular weight excluding hydrogens is 240 g/mol. The maximum Gasteiger partial charge on any atom is 0.0900 e. The molecule has 4 nitrogen and oxygen atoms in total. The van der Waals surface area contributed by atoms with Gasteiger partial charge in [-0.25, -0.2) is 0 Å². The second kappa shape index (κ2) is 8.68. The Bertz CT molecular complexity index is 437. The highest BCUT2D eigenvalue weighted by Gasteiger charge is 2.09. The van der Waals surface area contributed by atoms with Crippen LogP contribution < -0.4 is 5.73 Å². The van der Waals surface area contributed by atoms with Gasteiger partial charge < -0.3 is 15.6 Å². The van der Waals surface area contributed by atoms with Crippen molar-refractivity contribution < 1.29 is 9.84 Å². The molecule has 0 spiro atoms. The van der Waals surface area contributed by atoms with Gasteiger partial charge in [0.25, 0.3) is 0 Å². The quantitative estimate of drug-likeness (QED) is 0.730. The first-order valence-electron chi connectivity index (χ1n) is 6.29. The number of aliphatic hydroxyl groups is 1. The molecule has 0 fully saturated rings. The van der Waals surface area contributed by atoms with E-state index in [4.69, 9.17) is 10.5 Å². The summed E-state index contributed by atoms with van der Waals surface area (Å²) in [5.41, 5.74) is 7.52. The summed E-state index contributed by atoms with van der Waals surface area (Å²) in [4.78, 5) is 2.05. The van der Waals surface area contributed by atoms with Gasteiger partial charge in [-0.15, -0.1) is 0 Å². The Hall–Kier alpha value is -1.38. The fraction of sp³-hybridized carbons (Fsp3) is 0.467. The molecule has 1 aromatic carbocycles. The Labute approximate surface area is 115 Å². The molecule has 0 bridgehead atoms. The van der Waals surface area contributed by atoms with Crippen molar-refractivity contribution >= 4 is 0 Å². The maximum atomic E-state index is 9.70. The van der Waals surface area contributed by atoms with Crippen molar-refractivity contribution in [2.45, 2.75) is 12.6 Å². The average Bonchev–Trinajstić information content (AvgIpc) is 2.37. The van der Waals surface area contributed by atoms with E-state index in [1.165, 1.54) is 0 Å². The third-order valence-electron chi connectivity index (χ3n) is 2.66. The molecule has 0 heterocycles.